The van der Waals surface area contributed by atoms with Crippen LogP contribution in [0.5, 0.6) is 17.6 Å². The number of hydrogen-bond donors (Lipinski definition) is 3. The molecular formula is C19H13BrN8O3. The van der Waals surface area contributed by atoms with Crippen molar-refractivity contribution in [3.8, 4) is 23.7 Å². The van der Waals surface area contributed by atoms with Gasteiger partial charge in [-0.05, 0) is 53.0 Å². The molecule has 0 spiro atoms. The van der Waals surface area contributed by atoms with Crippen LogP contribution in [0.2, 0.25) is 0 Å². The molecule has 1 aliphatic carbocycles. The third-order valence-corrected chi connectivity index (χ3v) is 5.12. The average Bonchev–Trinajstić information content (AvgIpc) is 3.38. The molecule has 5 rings (SSSR count). The van der Waals surface area contributed by atoms with Gasteiger partial charge in [-0.3, -0.25) is 4.98 Å². The number of aromatic hydroxyl groups is 1. The zero-order chi connectivity index (χ0) is 21.5. The van der Waals surface area contributed by atoms with Crippen molar-refractivity contribution < 1.29 is 9.84 Å². The van der Waals surface area contributed by atoms with E-state index < -0.39 is 5.69 Å². The molecule has 0 bridgehead atoms. The third-order valence-electron chi connectivity index (χ3n) is 4.50. The fourth-order valence-electron chi connectivity index (χ4n) is 2.86. The molecular weight excluding hydrogens is 468 g/mol. The molecule has 1 saturated carbocycles. The molecule has 11 nitrogen and oxygen atoms in total. The lowest BCUT2D eigenvalue weighted by molar-refractivity contribution is 0.433. The molecule has 3 heterocycles. The Morgan fingerprint density at radius 2 is 2.19 bits per heavy atom. The van der Waals surface area contributed by atoms with Crippen molar-refractivity contribution in [2.45, 2.75) is 18.9 Å². The quantitative estimate of drug-likeness (QED) is 0.391. The zero-order valence-corrected chi connectivity index (χ0v) is 17.3. The number of fused-ring (bicyclic) bond motifs is 1. The first kappa shape index (κ1) is 19.0. The molecule has 0 radical (unpaired) electrons. The molecule has 1 fully saturated rings. The van der Waals surface area contributed by atoms with Crippen LogP contribution in [0.4, 0.5) is 0 Å². The molecule has 3 N–H and O–H groups in total. The fourth-order valence-corrected chi connectivity index (χ4v) is 3.32. The van der Waals surface area contributed by atoms with Crippen molar-refractivity contribution in [1.29, 1.82) is 5.26 Å². The standard InChI is InChI=1S/C19H13BrN8O3/c20-12-5-9(7-21)1-4-14(12)31-19-25-15-10(6-13-16(29)26-18(30)24-13)8-22-28(15)17(27-19)23-11-2-3-11/h1,4-6,8,11,29H,2-3H2,(H2,24,26,30)/b10-6-,23-17?. The van der Waals surface area contributed by atoms with Gasteiger partial charge in [0, 0.05) is 5.22 Å². The van der Waals surface area contributed by atoms with Crippen LogP contribution >= 0.6 is 15.9 Å². The molecule has 0 atom stereocenters. The average molecular weight is 481 g/mol. The monoisotopic (exact) mass is 480 g/mol. The lowest BCUT2D eigenvalue weighted by Crippen LogP contribution is -2.23. The SMILES string of the molecule is N#Cc1ccc(Oc2nc(=NC3CC3)n3nc/c(=C/c4[nH]c(=O)[nH]c4O)c3n2)c(Br)c1. The summed E-state index contributed by atoms with van der Waals surface area (Å²) in [4.78, 5) is 29.6. The van der Waals surface area contributed by atoms with Gasteiger partial charge in [-0.1, -0.05) is 0 Å². The van der Waals surface area contributed by atoms with Gasteiger partial charge in [0.05, 0.1) is 28.3 Å². The van der Waals surface area contributed by atoms with E-state index in [9.17, 15) is 9.90 Å². The molecule has 1 aliphatic rings. The second-order valence-electron chi connectivity index (χ2n) is 6.85. The summed E-state index contributed by atoms with van der Waals surface area (Å²) in [5.74, 6) is 0.137. The van der Waals surface area contributed by atoms with Gasteiger partial charge in [0.25, 0.3) is 5.62 Å². The number of rotatable bonds is 4. The number of H-pyrrole nitrogens is 2. The Balaban J connectivity index is 1.66. The molecule has 31 heavy (non-hydrogen) atoms. The van der Waals surface area contributed by atoms with Crippen molar-refractivity contribution >= 4 is 27.7 Å². The van der Waals surface area contributed by atoms with Crippen molar-refractivity contribution in [2.75, 3.05) is 0 Å². The fraction of sp³-hybridized carbons (Fsp3) is 0.158. The van der Waals surface area contributed by atoms with Crippen molar-refractivity contribution in [2.24, 2.45) is 4.99 Å². The maximum absolute atomic E-state index is 11.4. The predicted octanol–water partition coefficient (Wildman–Crippen LogP) is 0.884. The number of nitriles is 1. The van der Waals surface area contributed by atoms with E-state index in [1.807, 2.05) is 0 Å². The Kier molecular flexibility index (Phi) is 4.52. The first-order valence-electron chi connectivity index (χ1n) is 9.20. The summed E-state index contributed by atoms with van der Waals surface area (Å²) in [6.07, 6.45) is 5.01. The van der Waals surface area contributed by atoms with Gasteiger partial charge < -0.3 is 14.8 Å². The molecule has 0 aliphatic heterocycles. The van der Waals surface area contributed by atoms with E-state index in [4.69, 9.17) is 10.00 Å². The minimum atomic E-state index is -0.533. The number of ether oxygens (including phenoxy) is 1. The first-order chi connectivity index (χ1) is 15.0. The second-order valence-corrected chi connectivity index (χ2v) is 7.70. The highest BCUT2D eigenvalue weighted by molar-refractivity contribution is 9.10. The van der Waals surface area contributed by atoms with Crippen LogP contribution < -0.4 is 21.3 Å². The second kappa shape index (κ2) is 7.37. The number of imidazole rings is 1. The van der Waals surface area contributed by atoms with Gasteiger partial charge >= 0.3 is 11.7 Å². The third kappa shape index (κ3) is 3.78. The summed E-state index contributed by atoms with van der Waals surface area (Å²) in [5.41, 5.74) is 0.854. The van der Waals surface area contributed by atoms with E-state index in [-0.39, 0.29) is 23.6 Å². The highest BCUT2D eigenvalue weighted by Crippen LogP contribution is 2.28. The van der Waals surface area contributed by atoms with Gasteiger partial charge in [0.15, 0.2) is 5.65 Å². The lowest BCUT2D eigenvalue weighted by atomic mass is 10.2. The number of nitrogens with zero attached hydrogens (tertiary/aromatic N) is 6. The van der Waals surface area contributed by atoms with E-state index in [1.54, 1.807) is 18.2 Å². The van der Waals surface area contributed by atoms with Crippen LogP contribution in [0.25, 0.3) is 11.7 Å². The zero-order valence-electron chi connectivity index (χ0n) is 15.7. The number of benzene rings is 1. The summed E-state index contributed by atoms with van der Waals surface area (Å²) in [6, 6.07) is 7.17. The summed E-state index contributed by atoms with van der Waals surface area (Å²) in [6.45, 7) is 0. The molecule has 154 valence electrons. The van der Waals surface area contributed by atoms with Crippen LogP contribution in [0.1, 0.15) is 24.1 Å². The number of halogens is 1. The Bertz CT molecular complexity index is 1540. The van der Waals surface area contributed by atoms with E-state index >= 15 is 0 Å². The smallest absolute Gasteiger partial charge is 0.327 e. The molecule has 0 saturated heterocycles. The number of hydrogen-bond acceptors (Lipinski definition) is 8. The van der Waals surface area contributed by atoms with Gasteiger partial charge in [-0.25, -0.2) is 9.79 Å². The lowest BCUT2D eigenvalue weighted by Gasteiger charge is -2.06. The number of nitrogens with one attached hydrogen (secondary N) is 2. The topological polar surface area (TPSA) is 157 Å². The van der Waals surface area contributed by atoms with E-state index in [0.29, 0.717) is 32.3 Å². The van der Waals surface area contributed by atoms with Crippen LogP contribution in [0.15, 0.2) is 38.7 Å². The first-order valence-corrected chi connectivity index (χ1v) is 9.99. The van der Waals surface area contributed by atoms with Crippen LogP contribution in [-0.2, 0) is 0 Å². The largest absolute Gasteiger partial charge is 0.493 e. The van der Waals surface area contributed by atoms with E-state index in [0.717, 1.165) is 12.8 Å². The molecule has 3 aromatic heterocycles. The van der Waals surface area contributed by atoms with Gasteiger partial charge in [-0.2, -0.15) is 24.8 Å². The summed E-state index contributed by atoms with van der Waals surface area (Å²) in [7, 11) is 0. The molecule has 0 unspecified atom stereocenters. The molecule has 4 aromatic rings. The van der Waals surface area contributed by atoms with Crippen LogP contribution in [0, 0.1) is 11.3 Å². The molecule has 12 heteroatoms. The van der Waals surface area contributed by atoms with Crippen LogP contribution in [0.3, 0.4) is 0 Å². The number of aromatic nitrogens is 6. The molecule has 0 amide bonds. The van der Waals surface area contributed by atoms with Crippen molar-refractivity contribution in [1.82, 2.24) is 29.5 Å². The highest BCUT2D eigenvalue weighted by Gasteiger charge is 2.21. The summed E-state index contributed by atoms with van der Waals surface area (Å²) < 4.78 is 7.91. The van der Waals surface area contributed by atoms with Gasteiger partial charge in [0.1, 0.15) is 11.4 Å². The Morgan fingerprint density at radius 3 is 2.87 bits per heavy atom. The number of aromatic amines is 2. The Morgan fingerprint density at radius 1 is 1.35 bits per heavy atom. The Hall–Kier alpha value is -3.98. The normalized spacial score (nSPS) is 14.8. The Labute approximate surface area is 181 Å². The maximum Gasteiger partial charge on any atom is 0.327 e. The van der Waals surface area contributed by atoms with Crippen LogP contribution in [-0.4, -0.2) is 40.7 Å². The maximum atomic E-state index is 11.4. The van der Waals surface area contributed by atoms with E-state index in [1.165, 1.54) is 16.8 Å². The van der Waals surface area contributed by atoms with Gasteiger partial charge in [-0.15, -0.1) is 0 Å². The minimum Gasteiger partial charge on any atom is -0.493 e. The minimum absolute atomic E-state index is 0.0410. The molecule has 1 aromatic carbocycles. The predicted molar refractivity (Wildman–Crippen MR) is 110 cm³/mol. The highest BCUT2D eigenvalue weighted by atomic mass is 79.9. The van der Waals surface area contributed by atoms with Gasteiger partial charge in [0.2, 0.25) is 5.88 Å². The van der Waals surface area contributed by atoms with E-state index in [2.05, 4.69) is 52.0 Å². The van der Waals surface area contributed by atoms with Crippen molar-refractivity contribution in [3.63, 3.8) is 0 Å². The summed E-state index contributed by atoms with van der Waals surface area (Å²) >= 11 is 3.38. The van der Waals surface area contributed by atoms with Crippen molar-refractivity contribution in [3.05, 3.63) is 61.4 Å². The summed E-state index contributed by atoms with van der Waals surface area (Å²) in [5, 5.41) is 23.7.